The molecule has 0 saturated heterocycles. The maximum Gasteiger partial charge on any atom is 0.291 e. The van der Waals surface area contributed by atoms with Crippen LogP contribution in [0.4, 0.5) is 0 Å². The molecule has 0 unspecified atom stereocenters. The van der Waals surface area contributed by atoms with Crippen molar-refractivity contribution in [2.24, 2.45) is 7.05 Å². The minimum absolute atomic E-state index is 0.484. The molecule has 0 aliphatic carbocycles. The fourth-order valence-electron chi connectivity index (χ4n) is 3.52. The third-order valence-electron chi connectivity index (χ3n) is 5.31. The van der Waals surface area contributed by atoms with Gasteiger partial charge in [-0.15, -0.1) is 13.1 Å². The van der Waals surface area contributed by atoms with Gasteiger partial charge in [-0.05, 0) is 18.9 Å². The number of hydrogen-bond donors (Lipinski definition) is 0. The Morgan fingerprint density at radius 3 is 1.91 bits per heavy atom. The Labute approximate surface area is 204 Å². The van der Waals surface area contributed by atoms with Gasteiger partial charge in [0.15, 0.2) is 18.1 Å². The van der Waals surface area contributed by atoms with Gasteiger partial charge in [0, 0.05) is 6.07 Å². The first-order valence-electron chi connectivity index (χ1n) is 11.7. The maximum absolute atomic E-state index is 5.90. The van der Waals surface area contributed by atoms with E-state index in [0.717, 1.165) is 35.8 Å². The first kappa shape index (κ1) is 25.3. The van der Waals surface area contributed by atoms with Crippen LogP contribution in [0.25, 0.3) is 11.3 Å². The first-order chi connectivity index (χ1) is 16.3. The van der Waals surface area contributed by atoms with E-state index in [9.17, 15) is 0 Å². The van der Waals surface area contributed by atoms with Crippen molar-refractivity contribution >= 4 is 23.5 Å². The van der Waals surface area contributed by atoms with E-state index in [1.54, 1.807) is 7.11 Å². The van der Waals surface area contributed by atoms with E-state index in [1.165, 1.54) is 63.1 Å². The molecule has 0 aliphatic heterocycles. The van der Waals surface area contributed by atoms with Crippen molar-refractivity contribution in [3.05, 3.63) is 24.5 Å². The number of rotatable bonds is 17. The largest absolute Gasteiger partial charge is 0.477 e. The maximum atomic E-state index is 5.90. The summed E-state index contributed by atoms with van der Waals surface area (Å²) in [4.78, 5) is 0. The van der Waals surface area contributed by atoms with Crippen LogP contribution in [-0.2, 0) is 7.05 Å². The Morgan fingerprint density at radius 1 is 0.727 bits per heavy atom. The highest BCUT2D eigenvalue weighted by molar-refractivity contribution is 6.99. The molecule has 0 aliphatic rings. The van der Waals surface area contributed by atoms with Crippen molar-refractivity contribution < 1.29 is 18.8 Å². The Morgan fingerprint density at radius 2 is 1.27 bits per heavy atom. The number of hydrogen-bond acceptors (Lipinski definition) is 9. The normalized spacial score (nSPS) is 11.0. The third kappa shape index (κ3) is 8.85. The lowest BCUT2D eigenvalue weighted by molar-refractivity contribution is -0.671. The number of methoxy groups -OCH3 is 1. The smallest absolute Gasteiger partial charge is 0.291 e. The van der Waals surface area contributed by atoms with E-state index in [4.69, 9.17) is 14.2 Å². The molecular formula is C23H34N5O3S2+. The summed E-state index contributed by atoms with van der Waals surface area (Å²) in [5.74, 6) is 1.65. The molecule has 8 nitrogen and oxygen atoms in total. The molecule has 0 fully saturated rings. The van der Waals surface area contributed by atoms with Gasteiger partial charge in [0.05, 0.1) is 49.3 Å². The molecule has 10 heteroatoms. The van der Waals surface area contributed by atoms with Gasteiger partial charge in [-0.3, -0.25) is 0 Å². The molecule has 3 rings (SSSR count). The van der Waals surface area contributed by atoms with Crippen molar-refractivity contribution in [1.29, 1.82) is 0 Å². The molecule has 0 atom stereocenters. The lowest BCUT2D eigenvalue weighted by Gasteiger charge is -2.05. The van der Waals surface area contributed by atoms with Gasteiger partial charge in [-0.1, -0.05) is 51.4 Å². The van der Waals surface area contributed by atoms with Crippen molar-refractivity contribution in [3.63, 3.8) is 0 Å². The van der Waals surface area contributed by atoms with Crippen LogP contribution in [0.1, 0.15) is 64.2 Å². The fraction of sp³-hybridized carbons (Fsp3) is 0.609. The average molecular weight is 493 g/mol. The summed E-state index contributed by atoms with van der Waals surface area (Å²) in [5.41, 5.74) is 1.87. The predicted octanol–water partition coefficient (Wildman–Crippen LogP) is 5.25. The summed E-state index contributed by atoms with van der Waals surface area (Å²) < 4.78 is 35.4. The Balaban J connectivity index is 1.13. The lowest BCUT2D eigenvalue weighted by Crippen LogP contribution is -2.26. The van der Waals surface area contributed by atoms with E-state index in [-0.39, 0.29) is 0 Å². The molecule has 180 valence electrons. The van der Waals surface area contributed by atoms with Crippen LogP contribution in [-0.4, -0.2) is 37.8 Å². The number of ether oxygens (including phenoxy) is 3. The first-order valence-corrected chi connectivity index (χ1v) is 13.1. The third-order valence-corrected chi connectivity index (χ3v) is 6.32. The fourth-order valence-corrected chi connectivity index (χ4v) is 4.51. The molecule has 0 saturated carbocycles. The van der Waals surface area contributed by atoms with E-state index in [0.29, 0.717) is 30.9 Å². The summed E-state index contributed by atoms with van der Waals surface area (Å²) in [6, 6.07) is 4.04. The quantitative estimate of drug-likeness (QED) is 0.188. The molecule has 0 aromatic carbocycles. The van der Waals surface area contributed by atoms with Crippen molar-refractivity contribution in [2.75, 3.05) is 20.3 Å². The highest BCUT2D eigenvalue weighted by Gasteiger charge is 2.14. The van der Waals surface area contributed by atoms with Gasteiger partial charge in [-0.2, -0.15) is 4.37 Å². The van der Waals surface area contributed by atoms with Gasteiger partial charge in [0.2, 0.25) is 0 Å². The van der Waals surface area contributed by atoms with Crippen molar-refractivity contribution in [1.82, 2.24) is 17.5 Å². The van der Waals surface area contributed by atoms with E-state index in [2.05, 4.69) is 17.5 Å². The Hall–Kier alpha value is -2.33. The highest BCUT2D eigenvalue weighted by Crippen LogP contribution is 2.27. The molecule has 33 heavy (non-hydrogen) atoms. The van der Waals surface area contributed by atoms with Gasteiger partial charge in [-0.25, -0.2) is 4.57 Å². The van der Waals surface area contributed by atoms with Crippen LogP contribution in [0.5, 0.6) is 17.6 Å². The topological polar surface area (TPSA) is 83.1 Å². The zero-order valence-corrected chi connectivity index (χ0v) is 21.2. The lowest BCUT2D eigenvalue weighted by atomic mass is 10.1. The van der Waals surface area contributed by atoms with Crippen LogP contribution in [0.2, 0.25) is 0 Å². The molecule has 0 spiro atoms. The summed E-state index contributed by atoms with van der Waals surface area (Å²) >= 11 is 2.32. The Kier molecular flexibility index (Phi) is 11.3. The monoisotopic (exact) mass is 492 g/mol. The van der Waals surface area contributed by atoms with E-state index >= 15 is 0 Å². The molecule has 0 amide bonds. The number of unbranched alkanes of at least 4 members (excludes halogenated alkanes) is 9. The molecule has 3 heterocycles. The van der Waals surface area contributed by atoms with Gasteiger partial charge < -0.3 is 14.2 Å². The molecular weight excluding hydrogens is 458 g/mol. The average Bonchev–Trinajstić information content (AvgIpc) is 3.48. The van der Waals surface area contributed by atoms with Gasteiger partial charge >= 0.3 is 0 Å². The summed E-state index contributed by atoms with van der Waals surface area (Å²) in [6.45, 7) is 1.37. The van der Waals surface area contributed by atoms with Gasteiger partial charge in [0.1, 0.15) is 7.05 Å². The molecule has 0 N–H and O–H groups in total. The number of pyridine rings is 1. The second-order valence-electron chi connectivity index (χ2n) is 7.99. The molecule has 3 aromatic heterocycles. The SMILES string of the molecule is COc1nsnc1OCCCCCCCCCCCCOc1nsnc1-c1ccc[n+](C)c1. The highest BCUT2D eigenvalue weighted by atomic mass is 32.1. The number of nitrogens with zero attached hydrogens (tertiary/aromatic N) is 5. The second-order valence-corrected chi connectivity index (χ2v) is 9.04. The van der Waals surface area contributed by atoms with Crippen molar-refractivity contribution in [2.45, 2.75) is 64.2 Å². The molecule has 3 aromatic rings. The van der Waals surface area contributed by atoms with Crippen molar-refractivity contribution in [3.8, 4) is 28.9 Å². The second kappa shape index (κ2) is 14.7. The Bertz CT molecular complexity index is 934. The zero-order chi connectivity index (χ0) is 23.1. The van der Waals surface area contributed by atoms with Crippen LogP contribution >= 0.6 is 23.5 Å². The zero-order valence-electron chi connectivity index (χ0n) is 19.6. The predicted molar refractivity (Wildman–Crippen MR) is 130 cm³/mol. The number of aromatic nitrogens is 5. The molecule has 0 radical (unpaired) electrons. The standard InChI is InChI=1S/C23H34N5O3S2/c1-28-15-13-14-19(18-28)20-21(25-32-24-20)30-16-11-9-7-5-3-4-6-8-10-12-17-31-23-22(29-2)26-33-27-23/h13-15,18H,3-12,16-17H2,1-2H3/q+1. The summed E-state index contributed by atoms with van der Waals surface area (Å²) in [5, 5.41) is 0. The van der Waals surface area contributed by atoms with Crippen LogP contribution in [0.15, 0.2) is 24.5 Å². The van der Waals surface area contributed by atoms with Gasteiger partial charge in [0.25, 0.3) is 17.6 Å². The van der Waals surface area contributed by atoms with Crippen LogP contribution < -0.4 is 18.8 Å². The number of aryl methyl sites for hydroxylation is 1. The summed E-state index contributed by atoms with van der Waals surface area (Å²) in [7, 11) is 3.58. The minimum Gasteiger partial charge on any atom is -0.477 e. The van der Waals surface area contributed by atoms with Crippen LogP contribution in [0, 0.1) is 0 Å². The summed E-state index contributed by atoms with van der Waals surface area (Å²) in [6.07, 6.45) is 16.2. The molecule has 0 bridgehead atoms. The minimum atomic E-state index is 0.484. The van der Waals surface area contributed by atoms with E-state index in [1.807, 2.05) is 36.1 Å². The van der Waals surface area contributed by atoms with Crippen LogP contribution in [0.3, 0.4) is 0 Å². The van der Waals surface area contributed by atoms with E-state index < -0.39 is 0 Å².